The molecule has 0 heterocycles. The lowest BCUT2D eigenvalue weighted by Gasteiger charge is -2.09. The number of nitro groups is 1. The zero-order valence-corrected chi connectivity index (χ0v) is 16.1. The number of hydrogen-bond acceptors (Lipinski definition) is 6. The maximum atomic E-state index is 12.1. The van der Waals surface area contributed by atoms with Crippen molar-refractivity contribution in [3.05, 3.63) is 64.2 Å². The van der Waals surface area contributed by atoms with E-state index in [4.69, 9.17) is 4.74 Å². The van der Waals surface area contributed by atoms with E-state index in [0.29, 0.717) is 6.61 Å². The molecule has 2 aromatic rings. The summed E-state index contributed by atoms with van der Waals surface area (Å²) in [7, 11) is -3.81. The predicted molar refractivity (Wildman–Crippen MR) is 103 cm³/mol. The van der Waals surface area contributed by atoms with E-state index in [-0.39, 0.29) is 36.0 Å². The van der Waals surface area contributed by atoms with Crippen LogP contribution in [0.4, 0.5) is 5.69 Å². The second-order valence-electron chi connectivity index (χ2n) is 5.75. The number of amides is 1. The van der Waals surface area contributed by atoms with Gasteiger partial charge in [0.05, 0.1) is 22.8 Å². The van der Waals surface area contributed by atoms with Crippen molar-refractivity contribution >= 4 is 21.6 Å². The van der Waals surface area contributed by atoms with Crippen molar-refractivity contribution < 1.29 is 22.9 Å². The van der Waals surface area contributed by atoms with Gasteiger partial charge in [-0.1, -0.05) is 12.1 Å². The number of carbonyl (C=O) groups excluding carboxylic acids is 1. The Morgan fingerprint density at radius 1 is 1.07 bits per heavy atom. The summed E-state index contributed by atoms with van der Waals surface area (Å²) in [6, 6.07) is 11.7. The number of rotatable bonds is 10. The van der Waals surface area contributed by atoms with Gasteiger partial charge in [-0.3, -0.25) is 14.9 Å². The first kappa shape index (κ1) is 21.3. The molecule has 0 saturated heterocycles. The van der Waals surface area contributed by atoms with Gasteiger partial charge in [-0.15, -0.1) is 0 Å². The van der Waals surface area contributed by atoms with Crippen LogP contribution in [0.5, 0.6) is 5.75 Å². The second-order valence-corrected chi connectivity index (χ2v) is 7.52. The number of ether oxygens (including phenoxy) is 1. The molecular formula is C18H21N3O6S. The first-order chi connectivity index (χ1) is 13.3. The van der Waals surface area contributed by atoms with Crippen molar-refractivity contribution in [2.75, 3.05) is 19.7 Å². The summed E-state index contributed by atoms with van der Waals surface area (Å²) in [5, 5.41) is 13.2. The minimum absolute atomic E-state index is 0.00562. The van der Waals surface area contributed by atoms with Crippen molar-refractivity contribution in [1.29, 1.82) is 0 Å². The average Bonchev–Trinajstić information content (AvgIpc) is 2.67. The molecule has 0 atom stereocenters. The normalized spacial score (nSPS) is 11.0. The quantitative estimate of drug-likeness (QED) is 0.350. The summed E-state index contributed by atoms with van der Waals surface area (Å²) in [5.74, 6) is 0.492. The highest BCUT2D eigenvalue weighted by molar-refractivity contribution is 7.89. The van der Waals surface area contributed by atoms with Gasteiger partial charge in [-0.2, -0.15) is 0 Å². The number of sulfonamides is 1. The molecule has 0 aliphatic heterocycles. The smallest absolute Gasteiger partial charge is 0.269 e. The second kappa shape index (κ2) is 9.81. The summed E-state index contributed by atoms with van der Waals surface area (Å²) in [6.45, 7) is 2.56. The maximum absolute atomic E-state index is 12.1. The van der Waals surface area contributed by atoms with Crippen molar-refractivity contribution in [3.63, 3.8) is 0 Å². The molecule has 0 unspecified atom stereocenters. The van der Waals surface area contributed by atoms with Gasteiger partial charge in [0.2, 0.25) is 15.9 Å². The van der Waals surface area contributed by atoms with Gasteiger partial charge < -0.3 is 10.1 Å². The first-order valence-electron chi connectivity index (χ1n) is 8.54. The van der Waals surface area contributed by atoms with Gasteiger partial charge in [0.25, 0.3) is 5.69 Å². The van der Waals surface area contributed by atoms with Crippen molar-refractivity contribution in [3.8, 4) is 5.75 Å². The number of benzene rings is 2. The number of carbonyl (C=O) groups is 1. The van der Waals surface area contributed by atoms with Crippen LogP contribution >= 0.6 is 0 Å². The van der Waals surface area contributed by atoms with Gasteiger partial charge >= 0.3 is 0 Å². The molecule has 1 amide bonds. The molecule has 9 nitrogen and oxygen atoms in total. The van der Waals surface area contributed by atoms with E-state index in [2.05, 4.69) is 10.0 Å². The van der Waals surface area contributed by atoms with E-state index >= 15 is 0 Å². The topological polar surface area (TPSA) is 128 Å². The van der Waals surface area contributed by atoms with Crippen LogP contribution in [0.1, 0.15) is 12.5 Å². The zero-order valence-electron chi connectivity index (χ0n) is 15.3. The van der Waals surface area contributed by atoms with Crippen molar-refractivity contribution in [2.45, 2.75) is 18.2 Å². The zero-order chi connectivity index (χ0) is 20.6. The van der Waals surface area contributed by atoms with Crippen molar-refractivity contribution in [1.82, 2.24) is 10.0 Å². The van der Waals surface area contributed by atoms with Gasteiger partial charge in [0, 0.05) is 25.2 Å². The molecule has 2 rings (SSSR count). The Hall–Kier alpha value is -2.98. The average molecular weight is 407 g/mol. The summed E-state index contributed by atoms with van der Waals surface area (Å²) in [6.07, 6.45) is 0.168. The van der Waals surface area contributed by atoms with Crippen LogP contribution in [0.15, 0.2) is 53.4 Å². The molecule has 0 radical (unpaired) electrons. The molecule has 2 N–H and O–H groups in total. The van der Waals surface area contributed by atoms with E-state index in [0.717, 1.165) is 35.6 Å². The lowest BCUT2D eigenvalue weighted by Crippen LogP contribution is -2.35. The molecule has 150 valence electrons. The van der Waals surface area contributed by atoms with E-state index in [1.807, 2.05) is 6.92 Å². The summed E-state index contributed by atoms with van der Waals surface area (Å²) in [4.78, 5) is 21.9. The largest absolute Gasteiger partial charge is 0.494 e. The standard InChI is InChI=1S/C18H21N3O6S/c1-2-27-16-7-3-14(4-8-16)13-18(22)19-11-12-20-28(25,26)17-9-5-15(6-10-17)21(23)24/h3-10,20H,2,11-13H2,1H3,(H,19,22). The maximum Gasteiger partial charge on any atom is 0.269 e. The molecule has 0 fully saturated rings. The number of nitrogens with one attached hydrogen (secondary N) is 2. The molecule has 0 aromatic heterocycles. The highest BCUT2D eigenvalue weighted by Gasteiger charge is 2.15. The minimum Gasteiger partial charge on any atom is -0.494 e. The Morgan fingerprint density at radius 2 is 1.71 bits per heavy atom. The Morgan fingerprint density at radius 3 is 2.29 bits per heavy atom. The van der Waals surface area contributed by atoms with Crippen LogP contribution in [-0.4, -0.2) is 38.9 Å². The molecule has 0 aliphatic carbocycles. The van der Waals surface area contributed by atoms with Gasteiger partial charge in [-0.25, -0.2) is 13.1 Å². The lowest BCUT2D eigenvalue weighted by molar-refractivity contribution is -0.384. The summed E-state index contributed by atoms with van der Waals surface area (Å²) in [5.41, 5.74) is 0.618. The van der Waals surface area contributed by atoms with Crippen LogP contribution in [0.2, 0.25) is 0 Å². The van der Waals surface area contributed by atoms with Crippen LogP contribution in [0, 0.1) is 10.1 Å². The number of nitrogens with zero attached hydrogens (tertiary/aromatic N) is 1. The van der Waals surface area contributed by atoms with Crippen molar-refractivity contribution in [2.24, 2.45) is 0 Å². The van der Waals surface area contributed by atoms with Crippen LogP contribution in [0.3, 0.4) is 0 Å². The Labute approximate surface area is 162 Å². The molecule has 0 bridgehead atoms. The number of hydrogen-bond donors (Lipinski definition) is 2. The van der Waals surface area contributed by atoms with Gasteiger partial charge in [0.15, 0.2) is 0 Å². The molecule has 0 aliphatic rings. The SMILES string of the molecule is CCOc1ccc(CC(=O)NCCNS(=O)(=O)c2ccc([N+](=O)[O-])cc2)cc1. The Bertz CT molecular complexity index is 911. The monoisotopic (exact) mass is 407 g/mol. The fraction of sp³-hybridized carbons (Fsp3) is 0.278. The number of nitro benzene ring substituents is 1. The van der Waals surface area contributed by atoms with Crippen LogP contribution in [-0.2, 0) is 21.2 Å². The minimum atomic E-state index is -3.81. The Kier molecular flexibility index (Phi) is 7.47. The predicted octanol–water partition coefficient (Wildman–Crippen LogP) is 1.63. The lowest BCUT2D eigenvalue weighted by atomic mass is 10.1. The fourth-order valence-electron chi connectivity index (χ4n) is 2.34. The molecule has 28 heavy (non-hydrogen) atoms. The molecule has 0 saturated carbocycles. The highest BCUT2D eigenvalue weighted by Crippen LogP contribution is 2.15. The third-order valence-electron chi connectivity index (χ3n) is 3.70. The fourth-order valence-corrected chi connectivity index (χ4v) is 3.37. The highest BCUT2D eigenvalue weighted by atomic mass is 32.2. The third kappa shape index (κ3) is 6.32. The molecule has 2 aromatic carbocycles. The molecule has 0 spiro atoms. The van der Waals surface area contributed by atoms with Gasteiger partial charge in [0.1, 0.15) is 5.75 Å². The molecule has 10 heteroatoms. The van der Waals surface area contributed by atoms with E-state index < -0.39 is 14.9 Å². The summed E-state index contributed by atoms with van der Waals surface area (Å²) < 4.78 is 31.9. The van der Waals surface area contributed by atoms with Crippen LogP contribution in [0.25, 0.3) is 0 Å². The van der Waals surface area contributed by atoms with E-state index in [1.165, 1.54) is 0 Å². The van der Waals surface area contributed by atoms with E-state index in [1.54, 1.807) is 24.3 Å². The third-order valence-corrected chi connectivity index (χ3v) is 5.17. The summed E-state index contributed by atoms with van der Waals surface area (Å²) >= 11 is 0. The number of non-ortho nitro benzene ring substituents is 1. The van der Waals surface area contributed by atoms with Crippen LogP contribution < -0.4 is 14.8 Å². The van der Waals surface area contributed by atoms with E-state index in [9.17, 15) is 23.3 Å². The van der Waals surface area contributed by atoms with Gasteiger partial charge in [-0.05, 0) is 36.8 Å². The molecular weight excluding hydrogens is 386 g/mol. The Balaban J connectivity index is 1.77. The first-order valence-corrected chi connectivity index (χ1v) is 10.0.